The normalized spacial score (nSPS) is 16.4. The van der Waals surface area contributed by atoms with Crippen molar-refractivity contribution in [2.75, 3.05) is 26.2 Å². The molecular formula is C26H37N3O. The molecule has 30 heavy (non-hydrogen) atoms. The maximum absolute atomic E-state index is 10.9. The average molecular weight is 408 g/mol. The third-order valence-electron chi connectivity index (χ3n) is 5.72. The zero-order valence-electron chi connectivity index (χ0n) is 19.4. The van der Waals surface area contributed by atoms with Crippen molar-refractivity contribution >= 4 is 6.21 Å². The van der Waals surface area contributed by atoms with Crippen molar-refractivity contribution in [3.05, 3.63) is 64.7 Å². The lowest BCUT2D eigenvalue weighted by atomic mass is 9.78. The van der Waals surface area contributed by atoms with Crippen LogP contribution in [0.25, 0.3) is 0 Å². The van der Waals surface area contributed by atoms with Gasteiger partial charge in [0.15, 0.2) is 0 Å². The Kier molecular flexibility index (Phi) is 6.56. The second-order valence-corrected chi connectivity index (χ2v) is 10.4. The van der Waals surface area contributed by atoms with Crippen LogP contribution < -0.4 is 0 Å². The summed E-state index contributed by atoms with van der Waals surface area (Å²) in [4.78, 5) is 2.48. The van der Waals surface area contributed by atoms with Crippen molar-refractivity contribution in [1.29, 1.82) is 0 Å². The number of benzene rings is 2. The van der Waals surface area contributed by atoms with Crippen LogP contribution in [0.15, 0.2) is 47.6 Å². The van der Waals surface area contributed by atoms with Gasteiger partial charge < -0.3 is 5.11 Å². The molecule has 4 heteroatoms. The van der Waals surface area contributed by atoms with E-state index in [1.165, 1.54) is 5.56 Å². The fourth-order valence-corrected chi connectivity index (χ4v) is 3.88. The van der Waals surface area contributed by atoms with E-state index in [0.717, 1.165) is 49.4 Å². The maximum atomic E-state index is 10.9. The van der Waals surface area contributed by atoms with Crippen LogP contribution in [0.4, 0.5) is 0 Å². The van der Waals surface area contributed by atoms with Crippen molar-refractivity contribution in [2.45, 2.75) is 58.9 Å². The number of aromatic hydroxyl groups is 1. The van der Waals surface area contributed by atoms with E-state index in [-0.39, 0.29) is 10.8 Å². The van der Waals surface area contributed by atoms with Gasteiger partial charge in [0.05, 0.1) is 6.21 Å². The second-order valence-electron chi connectivity index (χ2n) is 10.4. The van der Waals surface area contributed by atoms with Crippen molar-refractivity contribution in [3.63, 3.8) is 0 Å². The molecule has 1 N–H and O–H groups in total. The summed E-state index contributed by atoms with van der Waals surface area (Å²) in [5.74, 6) is 0.418. The third kappa shape index (κ3) is 5.63. The lowest BCUT2D eigenvalue weighted by Crippen LogP contribution is -2.43. The summed E-state index contributed by atoms with van der Waals surface area (Å²) in [5.41, 5.74) is 4.11. The minimum absolute atomic E-state index is 0.128. The highest BCUT2D eigenvalue weighted by molar-refractivity contribution is 5.81. The summed E-state index contributed by atoms with van der Waals surface area (Å²) >= 11 is 0. The molecule has 0 bridgehead atoms. The molecule has 1 fully saturated rings. The van der Waals surface area contributed by atoms with Crippen LogP contribution in [-0.2, 0) is 17.4 Å². The van der Waals surface area contributed by atoms with Gasteiger partial charge >= 0.3 is 0 Å². The standard InChI is InChI=1S/C26H37N3O/c1-25(2,3)22-16-21(17-23(24(22)30)26(4,5)6)18-27-29-14-12-28(13-15-29)19-20-10-8-7-9-11-20/h7-11,16-18,30H,12-15,19H2,1-6H3/b27-18-. The quantitative estimate of drug-likeness (QED) is 0.714. The molecule has 1 heterocycles. The van der Waals surface area contributed by atoms with Crippen LogP contribution in [0, 0.1) is 0 Å². The van der Waals surface area contributed by atoms with E-state index in [1.807, 2.05) is 6.21 Å². The van der Waals surface area contributed by atoms with Gasteiger partial charge in [-0.25, -0.2) is 0 Å². The molecule has 0 radical (unpaired) electrons. The van der Waals surface area contributed by atoms with E-state index in [1.54, 1.807) is 0 Å². The molecule has 1 aliphatic rings. The number of hydrazone groups is 1. The van der Waals surface area contributed by atoms with Gasteiger partial charge in [0.25, 0.3) is 0 Å². The predicted octanol–water partition coefficient (Wildman–Crippen LogP) is 5.14. The average Bonchev–Trinajstić information content (AvgIpc) is 2.67. The van der Waals surface area contributed by atoms with Gasteiger partial charge in [0.2, 0.25) is 0 Å². The molecule has 162 valence electrons. The number of hydrogen-bond donors (Lipinski definition) is 1. The molecule has 3 rings (SSSR count). The summed E-state index contributed by atoms with van der Waals surface area (Å²) < 4.78 is 0. The first-order valence-corrected chi connectivity index (χ1v) is 11.0. The fraction of sp³-hybridized carbons (Fsp3) is 0.500. The zero-order chi connectivity index (χ0) is 21.9. The van der Waals surface area contributed by atoms with E-state index in [2.05, 4.69) is 93.9 Å². The minimum Gasteiger partial charge on any atom is -0.507 e. The Bertz CT molecular complexity index is 832. The Labute approximate surface area is 182 Å². The molecule has 0 amide bonds. The van der Waals surface area contributed by atoms with Crippen LogP contribution in [0.1, 0.15) is 63.8 Å². The van der Waals surface area contributed by atoms with E-state index < -0.39 is 0 Å². The predicted molar refractivity (Wildman–Crippen MR) is 126 cm³/mol. The van der Waals surface area contributed by atoms with Gasteiger partial charge in [-0.05, 0) is 34.1 Å². The molecule has 0 atom stereocenters. The van der Waals surface area contributed by atoms with Gasteiger partial charge in [-0.1, -0.05) is 71.9 Å². The summed E-state index contributed by atoms with van der Waals surface area (Å²) in [7, 11) is 0. The highest BCUT2D eigenvalue weighted by atomic mass is 16.3. The van der Waals surface area contributed by atoms with Crippen LogP contribution in [0.5, 0.6) is 5.75 Å². The number of nitrogens with zero attached hydrogens (tertiary/aromatic N) is 3. The number of rotatable bonds is 4. The van der Waals surface area contributed by atoms with Gasteiger partial charge in [-0.15, -0.1) is 0 Å². The molecule has 0 aliphatic carbocycles. The first-order valence-electron chi connectivity index (χ1n) is 11.0. The van der Waals surface area contributed by atoms with Crippen LogP contribution in [-0.4, -0.2) is 47.4 Å². The van der Waals surface area contributed by atoms with Crippen LogP contribution >= 0.6 is 0 Å². The number of phenolic OH excluding ortho intramolecular Hbond substituents is 1. The van der Waals surface area contributed by atoms with Gasteiger partial charge in [-0.2, -0.15) is 5.10 Å². The monoisotopic (exact) mass is 407 g/mol. The SMILES string of the molecule is CC(C)(C)c1cc(/C=N\N2CCN(Cc3ccccc3)CC2)cc(C(C)(C)C)c1O. The summed E-state index contributed by atoms with van der Waals surface area (Å²) in [6, 6.07) is 14.8. The minimum atomic E-state index is -0.128. The smallest absolute Gasteiger partial charge is 0.123 e. The molecule has 0 saturated carbocycles. The second kappa shape index (κ2) is 8.81. The molecule has 1 saturated heterocycles. The first kappa shape index (κ1) is 22.4. The van der Waals surface area contributed by atoms with E-state index in [9.17, 15) is 5.11 Å². The molecule has 4 nitrogen and oxygen atoms in total. The fourth-order valence-electron chi connectivity index (χ4n) is 3.88. The van der Waals surface area contributed by atoms with E-state index >= 15 is 0 Å². The van der Waals surface area contributed by atoms with Crippen molar-refractivity contribution in [1.82, 2.24) is 9.91 Å². The first-order chi connectivity index (χ1) is 14.0. The maximum Gasteiger partial charge on any atom is 0.123 e. The lowest BCUT2D eigenvalue weighted by Gasteiger charge is -2.33. The lowest BCUT2D eigenvalue weighted by molar-refractivity contribution is 0.131. The highest BCUT2D eigenvalue weighted by Crippen LogP contribution is 2.39. The molecule has 2 aromatic rings. The molecule has 0 aromatic heterocycles. The van der Waals surface area contributed by atoms with Crippen molar-refractivity contribution < 1.29 is 5.11 Å². The highest BCUT2D eigenvalue weighted by Gasteiger charge is 2.26. The largest absolute Gasteiger partial charge is 0.507 e. The van der Waals surface area contributed by atoms with E-state index in [4.69, 9.17) is 5.10 Å². The zero-order valence-corrected chi connectivity index (χ0v) is 19.4. The summed E-state index contributed by atoms with van der Waals surface area (Å²) in [6.07, 6.45) is 1.96. The van der Waals surface area contributed by atoms with Gasteiger partial charge in [-0.3, -0.25) is 9.91 Å². The summed E-state index contributed by atoms with van der Waals surface area (Å²) in [6.45, 7) is 17.7. The molecule has 1 aliphatic heterocycles. The number of hydrogen-bond acceptors (Lipinski definition) is 4. The topological polar surface area (TPSA) is 39.1 Å². The van der Waals surface area contributed by atoms with Crippen molar-refractivity contribution in [2.24, 2.45) is 5.10 Å². The van der Waals surface area contributed by atoms with Crippen molar-refractivity contribution in [3.8, 4) is 5.75 Å². The Balaban J connectivity index is 1.70. The Morgan fingerprint density at radius 1 is 0.867 bits per heavy atom. The number of phenols is 1. The van der Waals surface area contributed by atoms with Crippen LogP contribution in [0.3, 0.4) is 0 Å². The molecular weight excluding hydrogens is 370 g/mol. The summed E-state index contributed by atoms with van der Waals surface area (Å²) in [5, 5.41) is 17.8. The molecule has 0 unspecified atom stereocenters. The van der Waals surface area contributed by atoms with Crippen LogP contribution in [0.2, 0.25) is 0 Å². The number of piperazine rings is 1. The third-order valence-corrected chi connectivity index (χ3v) is 5.72. The van der Waals surface area contributed by atoms with Gasteiger partial charge in [0.1, 0.15) is 5.75 Å². The van der Waals surface area contributed by atoms with Gasteiger partial charge in [0, 0.05) is 43.9 Å². The van der Waals surface area contributed by atoms with E-state index in [0.29, 0.717) is 5.75 Å². The molecule has 2 aromatic carbocycles. The Morgan fingerprint density at radius 3 is 1.90 bits per heavy atom. The Morgan fingerprint density at radius 2 is 1.40 bits per heavy atom. The Hall–Kier alpha value is -2.33. The molecule has 0 spiro atoms.